The highest BCUT2D eigenvalue weighted by atomic mass is 32.2. The topological polar surface area (TPSA) is 79.6 Å². The summed E-state index contributed by atoms with van der Waals surface area (Å²) in [5.41, 5.74) is 0.943. The second kappa shape index (κ2) is 9.68. The highest BCUT2D eigenvalue weighted by molar-refractivity contribution is 8.03. The molecule has 1 heterocycles. The van der Waals surface area contributed by atoms with Gasteiger partial charge in [0, 0.05) is 17.5 Å². The number of carbonyl (C=O) groups is 2. The number of carbonyl (C=O) groups excluding carboxylic acids is 2. The van der Waals surface area contributed by atoms with E-state index < -0.39 is 11.9 Å². The molecule has 0 bridgehead atoms. The van der Waals surface area contributed by atoms with Crippen molar-refractivity contribution in [2.45, 2.75) is 24.7 Å². The van der Waals surface area contributed by atoms with E-state index in [4.69, 9.17) is 9.47 Å². The van der Waals surface area contributed by atoms with Crippen LogP contribution in [-0.2, 0) is 19.1 Å². The molecule has 1 aliphatic heterocycles. The second-order valence-electron chi connectivity index (χ2n) is 5.37. The predicted molar refractivity (Wildman–Crippen MR) is 99.3 cm³/mol. The highest BCUT2D eigenvalue weighted by Gasteiger charge is 2.30. The van der Waals surface area contributed by atoms with Gasteiger partial charge >= 0.3 is 11.9 Å². The highest BCUT2D eigenvalue weighted by Crippen LogP contribution is 2.47. The van der Waals surface area contributed by atoms with Crippen LogP contribution in [0.2, 0.25) is 0 Å². The maximum atomic E-state index is 12.3. The van der Waals surface area contributed by atoms with Gasteiger partial charge in [0.1, 0.15) is 24.3 Å². The number of nitriles is 1. The SMILES string of the molecule is C=CC(=O)OCCOC(=O)/C(C#N)=C1\Sc2ccccc2N1CCCC. The third-order valence-electron chi connectivity index (χ3n) is 3.60. The Labute approximate surface area is 157 Å². The van der Waals surface area contributed by atoms with E-state index in [2.05, 4.69) is 13.5 Å². The number of esters is 2. The van der Waals surface area contributed by atoms with Crippen molar-refractivity contribution in [3.8, 4) is 6.07 Å². The van der Waals surface area contributed by atoms with Gasteiger partial charge < -0.3 is 14.4 Å². The summed E-state index contributed by atoms with van der Waals surface area (Å²) in [4.78, 5) is 26.3. The lowest BCUT2D eigenvalue weighted by molar-refractivity contribution is -0.146. The van der Waals surface area contributed by atoms with Crippen LogP contribution in [0.4, 0.5) is 5.69 Å². The smallest absolute Gasteiger partial charge is 0.351 e. The van der Waals surface area contributed by atoms with Crippen LogP contribution < -0.4 is 4.90 Å². The van der Waals surface area contributed by atoms with Crippen molar-refractivity contribution in [1.29, 1.82) is 5.26 Å². The Morgan fingerprint density at radius 2 is 2.04 bits per heavy atom. The Balaban J connectivity index is 2.15. The van der Waals surface area contributed by atoms with Crippen LogP contribution in [0.5, 0.6) is 0 Å². The zero-order valence-electron chi connectivity index (χ0n) is 14.6. The number of fused-ring (bicyclic) bond motifs is 1. The van der Waals surface area contributed by atoms with Crippen LogP contribution >= 0.6 is 11.8 Å². The van der Waals surface area contributed by atoms with Gasteiger partial charge in [-0.05, 0) is 18.6 Å². The van der Waals surface area contributed by atoms with E-state index in [1.165, 1.54) is 11.8 Å². The Morgan fingerprint density at radius 1 is 1.31 bits per heavy atom. The van der Waals surface area contributed by atoms with Gasteiger partial charge in [-0.1, -0.05) is 43.8 Å². The lowest BCUT2D eigenvalue weighted by atomic mass is 10.2. The molecule has 136 valence electrons. The van der Waals surface area contributed by atoms with Crippen molar-refractivity contribution in [2.75, 3.05) is 24.7 Å². The molecule has 0 unspecified atom stereocenters. The molecule has 1 aromatic rings. The van der Waals surface area contributed by atoms with Crippen LogP contribution in [0.15, 0.2) is 52.4 Å². The van der Waals surface area contributed by atoms with E-state index in [9.17, 15) is 14.9 Å². The average Bonchev–Trinajstić information content (AvgIpc) is 3.02. The first-order chi connectivity index (χ1) is 12.6. The quantitative estimate of drug-likeness (QED) is 0.299. The Hall–Kier alpha value is -2.72. The average molecular weight is 372 g/mol. The Bertz CT molecular complexity index is 767. The molecule has 0 saturated carbocycles. The lowest BCUT2D eigenvalue weighted by Gasteiger charge is -2.20. The van der Waals surface area contributed by atoms with Gasteiger partial charge in [0.15, 0.2) is 5.57 Å². The molecule has 1 aromatic carbocycles. The summed E-state index contributed by atoms with van der Waals surface area (Å²) in [6.45, 7) is 5.87. The standard InChI is InChI=1S/C19H20N2O4S/c1-3-5-10-21-15-8-6-7-9-16(15)26-18(21)14(13-20)19(23)25-12-11-24-17(22)4-2/h4,6-9H,2-3,5,10-12H2,1H3/b18-14-. The molecule has 0 spiro atoms. The van der Waals surface area contributed by atoms with Crippen molar-refractivity contribution >= 4 is 29.4 Å². The molecule has 0 radical (unpaired) electrons. The van der Waals surface area contributed by atoms with Gasteiger partial charge in [-0.2, -0.15) is 5.26 Å². The van der Waals surface area contributed by atoms with Crippen molar-refractivity contribution in [1.82, 2.24) is 0 Å². The van der Waals surface area contributed by atoms with E-state index in [0.717, 1.165) is 29.5 Å². The first-order valence-electron chi connectivity index (χ1n) is 8.27. The van der Waals surface area contributed by atoms with E-state index in [1.807, 2.05) is 35.2 Å². The summed E-state index contributed by atoms with van der Waals surface area (Å²) in [6, 6.07) is 9.75. The summed E-state index contributed by atoms with van der Waals surface area (Å²) in [5.74, 6) is -1.31. The molecule has 0 aliphatic carbocycles. The maximum absolute atomic E-state index is 12.3. The zero-order chi connectivity index (χ0) is 18.9. The maximum Gasteiger partial charge on any atom is 0.351 e. The molecule has 7 heteroatoms. The molecule has 0 aromatic heterocycles. The number of nitrogens with zero attached hydrogens (tertiary/aromatic N) is 2. The van der Waals surface area contributed by atoms with Crippen LogP contribution in [0.3, 0.4) is 0 Å². The summed E-state index contributed by atoms with van der Waals surface area (Å²) >= 11 is 1.39. The third kappa shape index (κ3) is 4.67. The van der Waals surface area contributed by atoms with Gasteiger partial charge in [0.2, 0.25) is 0 Å². The first kappa shape index (κ1) is 19.6. The number of hydrogen-bond acceptors (Lipinski definition) is 7. The minimum atomic E-state index is -0.723. The molecule has 0 atom stereocenters. The molecular weight excluding hydrogens is 352 g/mol. The van der Waals surface area contributed by atoms with Crippen molar-refractivity contribution in [2.24, 2.45) is 0 Å². The van der Waals surface area contributed by atoms with Crippen molar-refractivity contribution in [3.63, 3.8) is 0 Å². The van der Waals surface area contributed by atoms with Crippen molar-refractivity contribution in [3.05, 3.63) is 47.5 Å². The van der Waals surface area contributed by atoms with E-state index in [-0.39, 0.29) is 18.8 Å². The minimum Gasteiger partial charge on any atom is -0.459 e. The van der Waals surface area contributed by atoms with E-state index in [0.29, 0.717) is 11.6 Å². The number of hydrogen-bond donors (Lipinski definition) is 0. The number of unbranched alkanes of at least 4 members (excludes halogenated alkanes) is 1. The molecule has 1 aliphatic rings. The Kier molecular flexibility index (Phi) is 7.30. The number of anilines is 1. The number of para-hydroxylation sites is 1. The number of benzene rings is 1. The van der Waals surface area contributed by atoms with Gasteiger partial charge in [-0.3, -0.25) is 0 Å². The second-order valence-corrected chi connectivity index (χ2v) is 6.41. The number of ether oxygens (including phenoxy) is 2. The molecule has 26 heavy (non-hydrogen) atoms. The molecular formula is C19H20N2O4S. The number of thioether (sulfide) groups is 1. The summed E-state index contributed by atoms with van der Waals surface area (Å²) in [5, 5.41) is 10.1. The van der Waals surface area contributed by atoms with Crippen LogP contribution in [0.1, 0.15) is 19.8 Å². The fourth-order valence-corrected chi connectivity index (χ4v) is 3.52. The van der Waals surface area contributed by atoms with Crippen LogP contribution in [-0.4, -0.2) is 31.7 Å². The zero-order valence-corrected chi connectivity index (χ0v) is 15.4. The van der Waals surface area contributed by atoms with Crippen LogP contribution in [0.25, 0.3) is 0 Å². The molecule has 0 fully saturated rings. The number of rotatable bonds is 8. The summed E-state index contributed by atoms with van der Waals surface area (Å²) < 4.78 is 9.84. The first-order valence-corrected chi connectivity index (χ1v) is 9.09. The summed E-state index contributed by atoms with van der Waals surface area (Å²) in [7, 11) is 0. The van der Waals surface area contributed by atoms with E-state index in [1.54, 1.807) is 0 Å². The molecule has 6 nitrogen and oxygen atoms in total. The third-order valence-corrected chi connectivity index (χ3v) is 4.78. The Morgan fingerprint density at radius 3 is 2.73 bits per heavy atom. The van der Waals surface area contributed by atoms with Gasteiger partial charge in [-0.25, -0.2) is 9.59 Å². The molecule has 0 N–H and O–H groups in total. The summed E-state index contributed by atoms with van der Waals surface area (Å²) in [6.07, 6.45) is 2.96. The van der Waals surface area contributed by atoms with E-state index >= 15 is 0 Å². The molecule has 0 amide bonds. The normalized spacial score (nSPS) is 14.2. The largest absolute Gasteiger partial charge is 0.459 e. The van der Waals surface area contributed by atoms with Crippen LogP contribution in [0, 0.1) is 11.3 Å². The molecule has 2 rings (SSSR count). The lowest BCUT2D eigenvalue weighted by Crippen LogP contribution is -2.23. The van der Waals surface area contributed by atoms with Gasteiger partial charge in [-0.15, -0.1) is 0 Å². The molecule has 0 saturated heterocycles. The van der Waals surface area contributed by atoms with Crippen molar-refractivity contribution < 1.29 is 19.1 Å². The minimum absolute atomic E-state index is 0.0441. The fraction of sp³-hybridized carbons (Fsp3) is 0.316. The van der Waals surface area contributed by atoms with Gasteiger partial charge in [0.25, 0.3) is 0 Å². The fourth-order valence-electron chi connectivity index (χ4n) is 2.35. The predicted octanol–water partition coefficient (Wildman–Crippen LogP) is 3.41. The van der Waals surface area contributed by atoms with Gasteiger partial charge in [0.05, 0.1) is 5.69 Å². The monoisotopic (exact) mass is 372 g/mol.